The molecular formula is C20H22ClNO2. The molecule has 1 aliphatic carbocycles. The summed E-state index contributed by atoms with van der Waals surface area (Å²) in [5.41, 5.74) is 3.89. The lowest BCUT2D eigenvalue weighted by Gasteiger charge is -2.16. The minimum absolute atomic E-state index is 0.0499. The molecule has 3 rings (SSSR count). The average Bonchev–Trinajstić information content (AvgIpc) is 2.60. The van der Waals surface area contributed by atoms with E-state index in [0.29, 0.717) is 6.54 Å². The molecule has 0 aromatic heterocycles. The molecule has 0 fully saturated rings. The molecule has 0 saturated carbocycles. The molecule has 2 aromatic carbocycles. The van der Waals surface area contributed by atoms with Crippen molar-refractivity contribution in [3.05, 3.63) is 64.2 Å². The molecule has 0 aliphatic heterocycles. The lowest BCUT2D eigenvalue weighted by molar-refractivity contribution is -0.123. The molecule has 1 amide bonds. The first-order valence-corrected chi connectivity index (χ1v) is 8.84. The standard InChI is InChI=1S/C20H22ClNO2/c21-18-7-3-4-15(12-18)10-11-22-20(23)14-24-19-9-8-16-5-1-2-6-17(16)13-19/h3-4,7-9,12-13H,1-2,5-6,10-11,14H2,(H,22,23). The van der Waals surface area contributed by atoms with Crippen LogP contribution in [0.1, 0.15) is 29.5 Å². The molecule has 0 unspecified atom stereocenters. The van der Waals surface area contributed by atoms with Gasteiger partial charge in [-0.3, -0.25) is 4.79 Å². The van der Waals surface area contributed by atoms with Crippen molar-refractivity contribution < 1.29 is 9.53 Å². The lowest BCUT2D eigenvalue weighted by atomic mass is 9.92. The van der Waals surface area contributed by atoms with Gasteiger partial charge < -0.3 is 10.1 Å². The van der Waals surface area contributed by atoms with Crippen LogP contribution in [0.5, 0.6) is 5.75 Å². The van der Waals surface area contributed by atoms with Crippen LogP contribution in [0, 0.1) is 0 Å². The molecule has 0 atom stereocenters. The van der Waals surface area contributed by atoms with E-state index in [9.17, 15) is 4.79 Å². The highest BCUT2D eigenvalue weighted by molar-refractivity contribution is 6.30. The number of fused-ring (bicyclic) bond motifs is 1. The molecule has 4 heteroatoms. The molecule has 1 aliphatic rings. The first kappa shape index (κ1) is 16.8. The van der Waals surface area contributed by atoms with Gasteiger partial charge in [-0.15, -0.1) is 0 Å². The van der Waals surface area contributed by atoms with E-state index < -0.39 is 0 Å². The molecule has 0 bridgehead atoms. The van der Waals surface area contributed by atoms with Crippen molar-refractivity contribution in [2.45, 2.75) is 32.1 Å². The fraction of sp³-hybridized carbons (Fsp3) is 0.350. The van der Waals surface area contributed by atoms with Gasteiger partial charge in [-0.1, -0.05) is 29.8 Å². The average molecular weight is 344 g/mol. The summed E-state index contributed by atoms with van der Waals surface area (Å²) in [4.78, 5) is 11.9. The predicted molar refractivity (Wildman–Crippen MR) is 96.7 cm³/mol. The zero-order valence-electron chi connectivity index (χ0n) is 13.7. The molecular weight excluding hydrogens is 322 g/mol. The number of nitrogens with one attached hydrogen (secondary N) is 1. The number of ether oxygens (including phenoxy) is 1. The van der Waals surface area contributed by atoms with Crippen LogP contribution in [0.15, 0.2) is 42.5 Å². The fourth-order valence-electron chi connectivity index (χ4n) is 3.04. The summed E-state index contributed by atoms with van der Waals surface area (Å²) in [6.07, 6.45) is 5.52. The Hall–Kier alpha value is -2.00. The topological polar surface area (TPSA) is 38.3 Å². The largest absolute Gasteiger partial charge is 0.484 e. The van der Waals surface area contributed by atoms with Crippen molar-refractivity contribution >= 4 is 17.5 Å². The quantitative estimate of drug-likeness (QED) is 0.862. The highest BCUT2D eigenvalue weighted by atomic mass is 35.5. The molecule has 2 aromatic rings. The summed E-state index contributed by atoms with van der Waals surface area (Å²) in [7, 11) is 0. The Morgan fingerprint density at radius 3 is 2.75 bits per heavy atom. The van der Waals surface area contributed by atoms with Gasteiger partial charge >= 0.3 is 0 Å². The van der Waals surface area contributed by atoms with E-state index in [2.05, 4.69) is 17.4 Å². The van der Waals surface area contributed by atoms with Crippen molar-refractivity contribution in [1.29, 1.82) is 0 Å². The first-order valence-electron chi connectivity index (χ1n) is 8.46. The van der Waals surface area contributed by atoms with Crippen molar-refractivity contribution in [2.75, 3.05) is 13.2 Å². The van der Waals surface area contributed by atoms with E-state index in [0.717, 1.165) is 35.6 Å². The highest BCUT2D eigenvalue weighted by Gasteiger charge is 2.10. The molecule has 126 valence electrons. The van der Waals surface area contributed by atoms with E-state index in [1.165, 1.54) is 24.0 Å². The number of carbonyl (C=O) groups excluding carboxylic acids is 1. The molecule has 0 heterocycles. The number of halogens is 1. The number of amides is 1. The van der Waals surface area contributed by atoms with E-state index in [1.807, 2.05) is 30.3 Å². The Balaban J connectivity index is 1.42. The van der Waals surface area contributed by atoms with Crippen molar-refractivity contribution in [3.8, 4) is 5.75 Å². The van der Waals surface area contributed by atoms with Crippen LogP contribution in [0.3, 0.4) is 0 Å². The maximum Gasteiger partial charge on any atom is 0.257 e. The lowest BCUT2D eigenvalue weighted by Crippen LogP contribution is -2.30. The van der Waals surface area contributed by atoms with Crippen LogP contribution in [-0.4, -0.2) is 19.1 Å². The molecule has 0 saturated heterocycles. The van der Waals surface area contributed by atoms with Gasteiger partial charge in [0.05, 0.1) is 0 Å². The van der Waals surface area contributed by atoms with Crippen molar-refractivity contribution in [1.82, 2.24) is 5.32 Å². The summed E-state index contributed by atoms with van der Waals surface area (Å²) >= 11 is 5.95. The highest BCUT2D eigenvalue weighted by Crippen LogP contribution is 2.25. The number of hydrogen-bond acceptors (Lipinski definition) is 2. The third kappa shape index (κ3) is 4.75. The second-order valence-corrected chi connectivity index (χ2v) is 6.59. The second kappa shape index (κ2) is 8.20. The number of carbonyl (C=O) groups is 1. The van der Waals surface area contributed by atoms with E-state index >= 15 is 0 Å². The number of benzene rings is 2. The molecule has 0 radical (unpaired) electrons. The number of rotatable bonds is 6. The van der Waals surface area contributed by atoms with Gasteiger partial charge in [0.15, 0.2) is 6.61 Å². The van der Waals surface area contributed by atoms with Crippen molar-refractivity contribution in [2.24, 2.45) is 0 Å². The zero-order valence-corrected chi connectivity index (χ0v) is 14.4. The Morgan fingerprint density at radius 2 is 1.92 bits per heavy atom. The number of aryl methyl sites for hydroxylation is 2. The minimum atomic E-state index is -0.102. The van der Waals surface area contributed by atoms with Gasteiger partial charge in [-0.05, 0) is 73.1 Å². The van der Waals surface area contributed by atoms with Gasteiger partial charge in [0.1, 0.15) is 5.75 Å². The number of hydrogen-bond donors (Lipinski definition) is 1. The van der Waals surface area contributed by atoms with Gasteiger partial charge in [0, 0.05) is 11.6 Å². The maximum absolute atomic E-state index is 11.9. The van der Waals surface area contributed by atoms with Crippen LogP contribution in [0.2, 0.25) is 5.02 Å². The molecule has 3 nitrogen and oxygen atoms in total. The van der Waals surface area contributed by atoms with Crippen LogP contribution >= 0.6 is 11.6 Å². The van der Waals surface area contributed by atoms with E-state index in [1.54, 1.807) is 0 Å². The van der Waals surface area contributed by atoms with Crippen molar-refractivity contribution in [3.63, 3.8) is 0 Å². The van der Waals surface area contributed by atoms with Gasteiger partial charge in [0.25, 0.3) is 5.91 Å². The van der Waals surface area contributed by atoms with Crippen LogP contribution in [-0.2, 0) is 24.1 Å². The van der Waals surface area contributed by atoms with Crippen LogP contribution < -0.4 is 10.1 Å². The van der Waals surface area contributed by atoms with Crippen LogP contribution in [0.4, 0.5) is 0 Å². The first-order chi connectivity index (χ1) is 11.7. The molecule has 0 spiro atoms. The monoisotopic (exact) mass is 343 g/mol. The normalized spacial score (nSPS) is 13.2. The van der Waals surface area contributed by atoms with Gasteiger partial charge in [-0.25, -0.2) is 0 Å². The summed E-state index contributed by atoms with van der Waals surface area (Å²) < 4.78 is 5.62. The molecule has 1 N–H and O–H groups in total. The third-order valence-electron chi connectivity index (χ3n) is 4.31. The predicted octanol–water partition coefficient (Wildman–Crippen LogP) is 3.96. The maximum atomic E-state index is 11.9. The Morgan fingerprint density at radius 1 is 1.08 bits per heavy atom. The molecule has 24 heavy (non-hydrogen) atoms. The summed E-state index contributed by atoms with van der Waals surface area (Å²) in [6.45, 7) is 0.626. The smallest absolute Gasteiger partial charge is 0.257 e. The fourth-order valence-corrected chi connectivity index (χ4v) is 3.25. The van der Waals surface area contributed by atoms with Crippen LogP contribution in [0.25, 0.3) is 0 Å². The van der Waals surface area contributed by atoms with Gasteiger partial charge in [0.2, 0.25) is 0 Å². The summed E-state index contributed by atoms with van der Waals surface area (Å²) in [5, 5.41) is 3.59. The summed E-state index contributed by atoms with van der Waals surface area (Å²) in [6, 6.07) is 13.8. The Kier molecular flexibility index (Phi) is 5.76. The van der Waals surface area contributed by atoms with E-state index in [-0.39, 0.29) is 12.5 Å². The zero-order chi connectivity index (χ0) is 16.8. The minimum Gasteiger partial charge on any atom is -0.484 e. The third-order valence-corrected chi connectivity index (χ3v) is 4.55. The van der Waals surface area contributed by atoms with E-state index in [4.69, 9.17) is 16.3 Å². The Labute approximate surface area is 148 Å². The summed E-state index contributed by atoms with van der Waals surface area (Å²) in [5.74, 6) is 0.676. The van der Waals surface area contributed by atoms with Gasteiger partial charge in [-0.2, -0.15) is 0 Å². The Bertz CT molecular complexity index is 715. The SMILES string of the molecule is O=C(COc1ccc2c(c1)CCCC2)NCCc1cccc(Cl)c1. The second-order valence-electron chi connectivity index (χ2n) is 6.16.